The molecule has 0 unspecified atom stereocenters. The van der Waals surface area contributed by atoms with Crippen LogP contribution in [0.3, 0.4) is 0 Å². The Morgan fingerprint density at radius 1 is 1.53 bits per heavy atom. The lowest BCUT2D eigenvalue weighted by atomic mass is 10.2. The predicted molar refractivity (Wildman–Crippen MR) is 59.4 cm³/mol. The molecule has 9 heteroatoms. The molecule has 0 aromatic carbocycles. The van der Waals surface area contributed by atoms with E-state index < -0.39 is 26.1 Å². The standard InChI is InChI=1S/C6H4ClF2IN2O2S/c7-15(13,14)6-4(10)3(5(8)9)2(11)1-12-6/h1,5H,11H2. The first kappa shape index (κ1) is 12.8. The van der Waals surface area contributed by atoms with Crippen LogP contribution in [0, 0.1) is 3.57 Å². The maximum Gasteiger partial charge on any atom is 0.279 e. The van der Waals surface area contributed by atoms with Gasteiger partial charge in [0.25, 0.3) is 15.5 Å². The number of nitrogen functional groups attached to an aromatic ring is 1. The number of hydrogen-bond acceptors (Lipinski definition) is 4. The number of alkyl halides is 2. The van der Waals surface area contributed by atoms with E-state index in [1.807, 2.05) is 0 Å². The van der Waals surface area contributed by atoms with Gasteiger partial charge in [-0.1, -0.05) is 0 Å². The van der Waals surface area contributed by atoms with Crippen LogP contribution in [0.4, 0.5) is 14.5 Å². The Bertz CT molecular complexity index is 494. The van der Waals surface area contributed by atoms with E-state index in [4.69, 9.17) is 16.4 Å². The minimum absolute atomic E-state index is 0.252. The van der Waals surface area contributed by atoms with Crippen molar-refractivity contribution >= 4 is 48.0 Å². The van der Waals surface area contributed by atoms with E-state index in [1.165, 1.54) is 22.6 Å². The number of pyridine rings is 1. The fraction of sp³-hybridized carbons (Fsp3) is 0.167. The van der Waals surface area contributed by atoms with E-state index in [0.29, 0.717) is 0 Å². The van der Waals surface area contributed by atoms with Gasteiger partial charge >= 0.3 is 0 Å². The monoisotopic (exact) mass is 368 g/mol. The van der Waals surface area contributed by atoms with Gasteiger partial charge in [0.15, 0.2) is 5.03 Å². The summed E-state index contributed by atoms with van der Waals surface area (Å²) in [6.45, 7) is 0. The van der Waals surface area contributed by atoms with Crippen LogP contribution in [-0.4, -0.2) is 13.4 Å². The van der Waals surface area contributed by atoms with Crippen molar-refractivity contribution in [2.75, 3.05) is 5.73 Å². The molecule has 0 radical (unpaired) electrons. The number of hydrogen-bond donors (Lipinski definition) is 1. The van der Waals surface area contributed by atoms with E-state index in [1.54, 1.807) is 0 Å². The summed E-state index contributed by atoms with van der Waals surface area (Å²) in [5, 5.41) is -0.603. The van der Waals surface area contributed by atoms with Gasteiger partial charge in [0.05, 0.1) is 21.0 Å². The molecule has 0 amide bonds. The largest absolute Gasteiger partial charge is 0.397 e. The Morgan fingerprint density at radius 3 is 2.47 bits per heavy atom. The summed E-state index contributed by atoms with van der Waals surface area (Å²) >= 11 is 1.42. The molecule has 0 spiro atoms. The molecule has 0 fully saturated rings. The van der Waals surface area contributed by atoms with Gasteiger partial charge < -0.3 is 5.73 Å². The summed E-state index contributed by atoms with van der Waals surface area (Å²) < 4.78 is 46.7. The lowest BCUT2D eigenvalue weighted by Crippen LogP contribution is -2.06. The van der Waals surface area contributed by atoms with E-state index in [2.05, 4.69) is 4.98 Å². The zero-order valence-electron chi connectivity index (χ0n) is 6.92. The third-order valence-corrected chi connectivity index (χ3v) is 4.17. The highest BCUT2D eigenvalue weighted by Gasteiger charge is 2.24. The Kier molecular flexibility index (Phi) is 3.71. The van der Waals surface area contributed by atoms with Crippen molar-refractivity contribution < 1.29 is 17.2 Å². The van der Waals surface area contributed by atoms with Crippen molar-refractivity contribution in [3.05, 3.63) is 15.3 Å². The molecule has 1 aromatic rings. The van der Waals surface area contributed by atoms with Gasteiger partial charge in [0.2, 0.25) is 0 Å². The van der Waals surface area contributed by atoms with Gasteiger partial charge in [-0.15, -0.1) is 0 Å². The average Bonchev–Trinajstić information content (AvgIpc) is 2.00. The second kappa shape index (κ2) is 4.34. The Labute approximate surface area is 102 Å². The molecule has 0 saturated carbocycles. The van der Waals surface area contributed by atoms with E-state index in [-0.39, 0.29) is 9.26 Å². The van der Waals surface area contributed by atoms with Gasteiger partial charge in [-0.05, 0) is 22.6 Å². The first-order valence-corrected chi connectivity index (χ1v) is 6.80. The highest BCUT2D eigenvalue weighted by Crippen LogP contribution is 2.33. The number of nitrogens with zero attached hydrogens (tertiary/aromatic N) is 1. The zero-order valence-corrected chi connectivity index (χ0v) is 10.6. The summed E-state index contributed by atoms with van der Waals surface area (Å²) in [5.41, 5.74) is 4.42. The molecular weight excluding hydrogens is 364 g/mol. The minimum atomic E-state index is -4.14. The van der Waals surface area contributed by atoms with Gasteiger partial charge in [-0.3, -0.25) is 0 Å². The molecule has 0 aliphatic heterocycles. The van der Waals surface area contributed by atoms with Crippen LogP contribution in [0.5, 0.6) is 0 Å². The van der Waals surface area contributed by atoms with Crippen molar-refractivity contribution in [1.29, 1.82) is 0 Å². The summed E-state index contributed by atoms with van der Waals surface area (Å²) in [5.74, 6) is 0. The fourth-order valence-corrected chi connectivity index (χ4v) is 3.69. The predicted octanol–water partition coefficient (Wildman–Crippen LogP) is 2.13. The molecule has 1 rings (SSSR count). The number of aromatic nitrogens is 1. The Hall–Kier alpha value is -0.220. The lowest BCUT2D eigenvalue weighted by molar-refractivity contribution is 0.151. The highest BCUT2D eigenvalue weighted by molar-refractivity contribution is 14.1. The maximum atomic E-state index is 12.5. The van der Waals surface area contributed by atoms with E-state index >= 15 is 0 Å². The van der Waals surface area contributed by atoms with Crippen LogP contribution in [0.1, 0.15) is 12.0 Å². The zero-order chi connectivity index (χ0) is 11.8. The molecule has 2 N–H and O–H groups in total. The van der Waals surface area contributed by atoms with Crippen molar-refractivity contribution in [2.24, 2.45) is 0 Å². The summed E-state index contributed by atoms with van der Waals surface area (Å²) in [4.78, 5) is 3.41. The molecule has 0 bridgehead atoms. The first-order chi connectivity index (χ1) is 6.75. The topological polar surface area (TPSA) is 73.0 Å². The number of nitrogens with two attached hydrogens (primary N) is 1. The van der Waals surface area contributed by atoms with Crippen LogP contribution in [-0.2, 0) is 9.05 Å². The molecule has 0 aliphatic rings. The molecule has 84 valence electrons. The number of halogens is 4. The molecule has 0 saturated heterocycles. The van der Waals surface area contributed by atoms with Crippen LogP contribution in [0.2, 0.25) is 0 Å². The van der Waals surface area contributed by atoms with E-state index in [9.17, 15) is 17.2 Å². The van der Waals surface area contributed by atoms with E-state index in [0.717, 1.165) is 6.20 Å². The summed E-state index contributed by atoms with van der Waals surface area (Å²) in [6.07, 6.45) is -2.03. The van der Waals surface area contributed by atoms with Crippen molar-refractivity contribution in [3.63, 3.8) is 0 Å². The maximum absolute atomic E-state index is 12.5. The highest BCUT2D eigenvalue weighted by atomic mass is 127. The van der Waals surface area contributed by atoms with Gasteiger partial charge in [0.1, 0.15) is 0 Å². The van der Waals surface area contributed by atoms with Crippen LogP contribution < -0.4 is 5.73 Å². The molecule has 0 aliphatic carbocycles. The molecule has 4 nitrogen and oxygen atoms in total. The van der Waals surface area contributed by atoms with Crippen LogP contribution in [0.15, 0.2) is 11.2 Å². The van der Waals surface area contributed by atoms with Crippen LogP contribution >= 0.6 is 33.3 Å². The van der Waals surface area contributed by atoms with Crippen LogP contribution in [0.25, 0.3) is 0 Å². The summed E-state index contributed by atoms with van der Waals surface area (Å²) in [7, 11) is 0.870. The molecule has 1 aromatic heterocycles. The smallest absolute Gasteiger partial charge is 0.279 e. The van der Waals surface area contributed by atoms with Crippen molar-refractivity contribution in [3.8, 4) is 0 Å². The molecular formula is C6H4ClF2IN2O2S. The third-order valence-electron chi connectivity index (χ3n) is 1.51. The lowest BCUT2D eigenvalue weighted by Gasteiger charge is -2.08. The van der Waals surface area contributed by atoms with Gasteiger partial charge in [-0.2, -0.15) is 0 Å². The second-order valence-electron chi connectivity index (χ2n) is 2.48. The number of rotatable bonds is 2. The summed E-state index contributed by atoms with van der Waals surface area (Å²) in [6, 6.07) is 0. The van der Waals surface area contributed by atoms with Gasteiger partial charge in [-0.25, -0.2) is 22.2 Å². The minimum Gasteiger partial charge on any atom is -0.397 e. The molecule has 0 atom stereocenters. The quantitative estimate of drug-likeness (QED) is 0.641. The molecule has 1 heterocycles. The Morgan fingerprint density at radius 2 is 2.07 bits per heavy atom. The fourth-order valence-electron chi connectivity index (χ4n) is 0.888. The third kappa shape index (κ3) is 2.67. The van der Waals surface area contributed by atoms with Crippen molar-refractivity contribution in [1.82, 2.24) is 4.98 Å². The normalized spacial score (nSPS) is 12.1. The number of anilines is 1. The molecule has 15 heavy (non-hydrogen) atoms. The first-order valence-electron chi connectivity index (χ1n) is 3.42. The second-order valence-corrected chi connectivity index (χ2v) is 6.04. The van der Waals surface area contributed by atoms with Gasteiger partial charge in [0, 0.05) is 10.7 Å². The van der Waals surface area contributed by atoms with Crippen molar-refractivity contribution in [2.45, 2.75) is 11.5 Å². The average molecular weight is 369 g/mol. The Balaban J connectivity index is 3.56. The SMILES string of the molecule is Nc1cnc(S(=O)(=O)Cl)c(I)c1C(F)F.